The summed E-state index contributed by atoms with van der Waals surface area (Å²) in [4.78, 5) is 0. The fourth-order valence-electron chi connectivity index (χ4n) is 1.13. The Bertz CT molecular complexity index is 377. The molecule has 0 spiro atoms. The van der Waals surface area contributed by atoms with Crippen molar-refractivity contribution in [2.24, 2.45) is 5.14 Å². The van der Waals surface area contributed by atoms with E-state index in [9.17, 15) is 8.42 Å². The summed E-state index contributed by atoms with van der Waals surface area (Å²) < 4.78 is 21.6. The number of primary sulfonamides is 1. The van der Waals surface area contributed by atoms with Crippen LogP contribution in [0.2, 0.25) is 0 Å². The van der Waals surface area contributed by atoms with Gasteiger partial charge in [0.05, 0.1) is 11.8 Å². The van der Waals surface area contributed by atoms with E-state index >= 15 is 0 Å². The Morgan fingerprint density at radius 1 is 1.36 bits per heavy atom. The van der Waals surface area contributed by atoms with Crippen LogP contribution in [0.4, 0.5) is 0 Å². The van der Waals surface area contributed by atoms with Crippen molar-refractivity contribution < 1.29 is 13.6 Å². The Labute approximate surface area is 82.6 Å². The summed E-state index contributed by atoms with van der Waals surface area (Å²) in [5.41, 5.74) is 2.59. The maximum absolute atomic E-state index is 10.8. The molecule has 0 radical (unpaired) electrons. The van der Waals surface area contributed by atoms with Crippen molar-refractivity contribution in [3.8, 4) is 0 Å². The first-order valence-corrected chi connectivity index (χ1v) is 5.69. The van der Waals surface area contributed by atoms with Gasteiger partial charge in [0.2, 0.25) is 10.0 Å². The first-order chi connectivity index (χ1) is 6.53. The van der Waals surface area contributed by atoms with Crippen molar-refractivity contribution in [3.63, 3.8) is 0 Å². The summed E-state index contributed by atoms with van der Waals surface area (Å²) in [6.45, 7) is 0. The van der Waals surface area contributed by atoms with Gasteiger partial charge in [-0.3, -0.25) is 0 Å². The van der Waals surface area contributed by atoms with Crippen LogP contribution in [0, 0.1) is 0 Å². The van der Waals surface area contributed by atoms with Gasteiger partial charge >= 0.3 is 0 Å². The maximum atomic E-state index is 10.8. The number of nitrogens with one attached hydrogen (secondary N) is 1. The lowest BCUT2D eigenvalue weighted by atomic mass is 10.1. The molecule has 1 aromatic rings. The Morgan fingerprint density at radius 2 is 1.93 bits per heavy atom. The maximum Gasteiger partial charge on any atom is 0.211 e. The fourth-order valence-corrected chi connectivity index (χ4v) is 1.86. The topological polar surface area (TPSA) is 92.4 Å². The van der Waals surface area contributed by atoms with Crippen molar-refractivity contribution >= 4 is 10.0 Å². The quantitative estimate of drug-likeness (QED) is 0.617. The SMILES string of the molecule is NS(=O)(=O)C[C@@H](NO)c1ccccc1. The van der Waals surface area contributed by atoms with Gasteiger partial charge in [-0.15, -0.1) is 0 Å². The number of hydrogen-bond donors (Lipinski definition) is 3. The van der Waals surface area contributed by atoms with Gasteiger partial charge in [0.1, 0.15) is 0 Å². The molecule has 6 heteroatoms. The second-order valence-electron chi connectivity index (χ2n) is 2.92. The Balaban J connectivity index is 2.84. The minimum absolute atomic E-state index is 0.340. The molecule has 0 aromatic heterocycles. The van der Waals surface area contributed by atoms with Gasteiger partial charge in [0, 0.05) is 0 Å². The summed E-state index contributed by atoms with van der Waals surface area (Å²) in [5.74, 6) is -0.340. The van der Waals surface area contributed by atoms with Gasteiger partial charge in [-0.1, -0.05) is 30.3 Å². The van der Waals surface area contributed by atoms with Crippen LogP contribution in [0.3, 0.4) is 0 Å². The average Bonchev–Trinajstić information content (AvgIpc) is 2.14. The van der Waals surface area contributed by atoms with Crippen molar-refractivity contribution in [2.45, 2.75) is 6.04 Å². The average molecular weight is 216 g/mol. The van der Waals surface area contributed by atoms with Crippen LogP contribution in [0.1, 0.15) is 11.6 Å². The van der Waals surface area contributed by atoms with Crippen LogP contribution in [-0.4, -0.2) is 19.4 Å². The monoisotopic (exact) mass is 216 g/mol. The minimum atomic E-state index is -3.61. The smallest absolute Gasteiger partial charge is 0.211 e. The van der Waals surface area contributed by atoms with Crippen LogP contribution < -0.4 is 10.6 Å². The predicted octanol–water partition coefficient (Wildman–Crippen LogP) is -0.00500. The van der Waals surface area contributed by atoms with E-state index in [1.807, 2.05) is 5.48 Å². The molecule has 0 bridgehead atoms. The molecule has 0 amide bonds. The number of hydroxylamine groups is 1. The highest BCUT2D eigenvalue weighted by atomic mass is 32.2. The number of rotatable bonds is 4. The van der Waals surface area contributed by atoms with Crippen LogP contribution >= 0.6 is 0 Å². The molecular formula is C8H12N2O3S. The zero-order chi connectivity index (χ0) is 10.6. The molecular weight excluding hydrogens is 204 g/mol. The summed E-state index contributed by atoms with van der Waals surface area (Å²) in [5, 5.41) is 13.6. The van der Waals surface area contributed by atoms with E-state index in [0.29, 0.717) is 5.56 Å². The lowest BCUT2D eigenvalue weighted by molar-refractivity contribution is 0.134. The predicted molar refractivity (Wildman–Crippen MR) is 52.1 cm³/mol. The van der Waals surface area contributed by atoms with Crippen LogP contribution in [-0.2, 0) is 10.0 Å². The third-order valence-electron chi connectivity index (χ3n) is 1.76. The zero-order valence-electron chi connectivity index (χ0n) is 7.42. The summed E-state index contributed by atoms with van der Waals surface area (Å²) in [6.07, 6.45) is 0. The molecule has 0 aliphatic heterocycles. The van der Waals surface area contributed by atoms with Gasteiger partial charge in [-0.25, -0.2) is 13.6 Å². The fraction of sp³-hybridized carbons (Fsp3) is 0.250. The van der Waals surface area contributed by atoms with Gasteiger partial charge < -0.3 is 5.21 Å². The lowest BCUT2D eigenvalue weighted by Crippen LogP contribution is -2.29. The molecule has 1 rings (SSSR count). The van der Waals surface area contributed by atoms with Crippen molar-refractivity contribution in [2.75, 3.05) is 5.75 Å². The van der Waals surface area contributed by atoms with Crippen molar-refractivity contribution in [3.05, 3.63) is 35.9 Å². The standard InChI is InChI=1S/C8H12N2O3S/c9-14(12,13)6-8(10-11)7-4-2-1-3-5-7/h1-5,8,10-11H,6H2,(H2,9,12,13)/t8-/m1/s1. The van der Waals surface area contributed by atoms with Crippen LogP contribution in [0.15, 0.2) is 30.3 Å². The summed E-state index contributed by atoms with van der Waals surface area (Å²) >= 11 is 0. The molecule has 0 heterocycles. The summed E-state index contributed by atoms with van der Waals surface area (Å²) in [7, 11) is -3.61. The molecule has 0 aliphatic carbocycles. The number of hydrogen-bond acceptors (Lipinski definition) is 4. The van der Waals surface area contributed by atoms with Crippen LogP contribution in [0.25, 0.3) is 0 Å². The second kappa shape index (κ2) is 4.52. The van der Waals surface area contributed by atoms with Crippen molar-refractivity contribution in [1.82, 2.24) is 5.48 Å². The Kier molecular flexibility index (Phi) is 3.59. The molecule has 0 aliphatic rings. The molecule has 4 N–H and O–H groups in total. The molecule has 0 unspecified atom stereocenters. The normalized spacial score (nSPS) is 13.9. The zero-order valence-corrected chi connectivity index (χ0v) is 8.24. The second-order valence-corrected chi connectivity index (χ2v) is 4.58. The van der Waals surface area contributed by atoms with E-state index in [0.717, 1.165) is 0 Å². The summed E-state index contributed by atoms with van der Waals surface area (Å²) in [6, 6.07) is 8.03. The minimum Gasteiger partial charge on any atom is -0.316 e. The number of benzene rings is 1. The van der Waals surface area contributed by atoms with E-state index in [1.54, 1.807) is 30.3 Å². The molecule has 1 aromatic carbocycles. The van der Waals surface area contributed by atoms with Crippen LogP contribution in [0.5, 0.6) is 0 Å². The van der Waals surface area contributed by atoms with E-state index in [1.165, 1.54) is 0 Å². The highest BCUT2D eigenvalue weighted by Crippen LogP contribution is 2.12. The van der Waals surface area contributed by atoms with E-state index < -0.39 is 16.1 Å². The van der Waals surface area contributed by atoms with E-state index in [-0.39, 0.29) is 5.75 Å². The lowest BCUT2D eigenvalue weighted by Gasteiger charge is -2.13. The third-order valence-corrected chi connectivity index (χ3v) is 2.55. The largest absolute Gasteiger partial charge is 0.316 e. The Hall–Kier alpha value is -0.950. The van der Waals surface area contributed by atoms with E-state index in [2.05, 4.69) is 0 Å². The molecule has 0 saturated carbocycles. The third kappa shape index (κ3) is 3.43. The number of nitrogens with two attached hydrogens (primary N) is 1. The molecule has 14 heavy (non-hydrogen) atoms. The number of sulfonamides is 1. The van der Waals surface area contributed by atoms with E-state index in [4.69, 9.17) is 10.3 Å². The van der Waals surface area contributed by atoms with Gasteiger partial charge in [0.25, 0.3) is 0 Å². The van der Waals surface area contributed by atoms with Crippen molar-refractivity contribution in [1.29, 1.82) is 0 Å². The molecule has 5 nitrogen and oxygen atoms in total. The highest BCUT2D eigenvalue weighted by molar-refractivity contribution is 7.89. The molecule has 0 saturated heterocycles. The molecule has 0 fully saturated rings. The molecule has 1 atom stereocenters. The first-order valence-electron chi connectivity index (χ1n) is 3.98. The Morgan fingerprint density at radius 3 is 2.36 bits per heavy atom. The van der Waals surface area contributed by atoms with Gasteiger partial charge in [-0.05, 0) is 5.56 Å². The molecule has 78 valence electrons. The first kappa shape index (κ1) is 11.1. The van der Waals surface area contributed by atoms with Gasteiger partial charge in [0.15, 0.2) is 0 Å². The highest BCUT2D eigenvalue weighted by Gasteiger charge is 2.16. The van der Waals surface area contributed by atoms with Gasteiger partial charge in [-0.2, -0.15) is 5.48 Å².